The maximum atomic E-state index is 11.8. The van der Waals surface area contributed by atoms with Crippen molar-refractivity contribution in [2.45, 2.75) is 38.6 Å². The van der Waals surface area contributed by atoms with Crippen molar-refractivity contribution < 1.29 is 9.53 Å². The number of carbonyl (C=O) groups is 1. The first-order chi connectivity index (χ1) is 8.20. The summed E-state index contributed by atoms with van der Waals surface area (Å²) >= 11 is 0. The minimum absolute atomic E-state index is 0.0850. The summed E-state index contributed by atoms with van der Waals surface area (Å²) in [5, 5.41) is 0. The zero-order chi connectivity index (χ0) is 12.3. The van der Waals surface area contributed by atoms with E-state index in [0.29, 0.717) is 18.4 Å². The molecule has 2 saturated heterocycles. The third kappa shape index (κ3) is 3.19. The molecule has 17 heavy (non-hydrogen) atoms. The summed E-state index contributed by atoms with van der Waals surface area (Å²) < 4.78 is 5.35. The van der Waals surface area contributed by atoms with Gasteiger partial charge in [0.05, 0.1) is 6.61 Å². The number of amides is 1. The van der Waals surface area contributed by atoms with Gasteiger partial charge in [0.1, 0.15) is 0 Å². The molecule has 4 heteroatoms. The van der Waals surface area contributed by atoms with E-state index < -0.39 is 0 Å². The van der Waals surface area contributed by atoms with Crippen LogP contribution in [0.15, 0.2) is 0 Å². The third-order valence-electron chi connectivity index (χ3n) is 3.99. The SMILES string of the molecule is CCCC1CC(=O)N(CC(N)C2CCOC2)C1. The molecule has 2 N–H and O–H groups in total. The lowest BCUT2D eigenvalue weighted by molar-refractivity contribution is -0.128. The molecule has 2 rings (SSSR count). The van der Waals surface area contributed by atoms with Crippen molar-refractivity contribution in [3.63, 3.8) is 0 Å². The molecule has 0 aliphatic carbocycles. The number of likely N-dealkylation sites (tertiary alicyclic amines) is 1. The van der Waals surface area contributed by atoms with Crippen molar-refractivity contribution in [2.24, 2.45) is 17.6 Å². The highest BCUT2D eigenvalue weighted by Crippen LogP contribution is 2.24. The summed E-state index contributed by atoms with van der Waals surface area (Å²) in [5.74, 6) is 1.28. The van der Waals surface area contributed by atoms with Crippen LogP contribution in [0.25, 0.3) is 0 Å². The van der Waals surface area contributed by atoms with Gasteiger partial charge in [-0.2, -0.15) is 0 Å². The molecule has 2 aliphatic heterocycles. The minimum Gasteiger partial charge on any atom is -0.381 e. The van der Waals surface area contributed by atoms with Gasteiger partial charge in [-0.1, -0.05) is 13.3 Å². The average Bonchev–Trinajstić information content (AvgIpc) is 2.90. The first-order valence-corrected chi connectivity index (χ1v) is 6.81. The van der Waals surface area contributed by atoms with E-state index >= 15 is 0 Å². The van der Waals surface area contributed by atoms with Gasteiger partial charge in [0.2, 0.25) is 5.91 Å². The van der Waals surface area contributed by atoms with Gasteiger partial charge in [-0.15, -0.1) is 0 Å². The van der Waals surface area contributed by atoms with Crippen LogP contribution in [0.5, 0.6) is 0 Å². The van der Waals surface area contributed by atoms with Crippen molar-refractivity contribution in [1.82, 2.24) is 4.90 Å². The summed E-state index contributed by atoms with van der Waals surface area (Å²) in [6.07, 6.45) is 4.08. The highest BCUT2D eigenvalue weighted by molar-refractivity contribution is 5.78. The minimum atomic E-state index is 0.0850. The Bertz CT molecular complexity index is 264. The van der Waals surface area contributed by atoms with Crippen LogP contribution in [0.2, 0.25) is 0 Å². The van der Waals surface area contributed by atoms with Gasteiger partial charge in [0.15, 0.2) is 0 Å². The lowest BCUT2D eigenvalue weighted by Gasteiger charge is -2.24. The van der Waals surface area contributed by atoms with Crippen LogP contribution in [0.1, 0.15) is 32.6 Å². The number of ether oxygens (including phenoxy) is 1. The fraction of sp³-hybridized carbons (Fsp3) is 0.923. The topological polar surface area (TPSA) is 55.6 Å². The van der Waals surface area contributed by atoms with Crippen molar-refractivity contribution in [3.05, 3.63) is 0 Å². The van der Waals surface area contributed by atoms with Crippen molar-refractivity contribution in [1.29, 1.82) is 0 Å². The summed E-state index contributed by atoms with van der Waals surface area (Å²) in [6, 6.07) is 0.0850. The maximum Gasteiger partial charge on any atom is 0.222 e. The fourth-order valence-corrected chi connectivity index (χ4v) is 2.93. The largest absolute Gasteiger partial charge is 0.381 e. The van der Waals surface area contributed by atoms with Gasteiger partial charge >= 0.3 is 0 Å². The zero-order valence-corrected chi connectivity index (χ0v) is 10.7. The molecule has 0 bridgehead atoms. The van der Waals surface area contributed by atoms with E-state index in [-0.39, 0.29) is 11.9 Å². The molecule has 4 nitrogen and oxygen atoms in total. The Morgan fingerprint density at radius 2 is 2.41 bits per heavy atom. The molecule has 3 atom stereocenters. The van der Waals surface area contributed by atoms with Gasteiger partial charge in [-0.3, -0.25) is 4.79 Å². The fourth-order valence-electron chi connectivity index (χ4n) is 2.93. The molecular formula is C13H24N2O2. The smallest absolute Gasteiger partial charge is 0.222 e. The number of nitrogens with zero attached hydrogens (tertiary/aromatic N) is 1. The van der Waals surface area contributed by atoms with Crippen LogP contribution in [0.3, 0.4) is 0 Å². The highest BCUT2D eigenvalue weighted by Gasteiger charge is 2.32. The molecule has 0 aromatic carbocycles. The quantitative estimate of drug-likeness (QED) is 0.780. The molecule has 2 heterocycles. The van der Waals surface area contributed by atoms with E-state index in [4.69, 9.17) is 10.5 Å². The maximum absolute atomic E-state index is 11.8. The molecule has 0 radical (unpaired) electrons. The molecular weight excluding hydrogens is 216 g/mol. The Labute approximate surface area is 103 Å². The highest BCUT2D eigenvalue weighted by atomic mass is 16.5. The Kier molecular flexibility index (Phi) is 4.40. The summed E-state index contributed by atoms with van der Waals surface area (Å²) in [5.41, 5.74) is 6.17. The van der Waals surface area contributed by atoms with Gasteiger partial charge in [0.25, 0.3) is 0 Å². The molecule has 0 spiro atoms. The van der Waals surface area contributed by atoms with Crippen molar-refractivity contribution >= 4 is 5.91 Å². The van der Waals surface area contributed by atoms with E-state index in [0.717, 1.165) is 45.4 Å². The zero-order valence-electron chi connectivity index (χ0n) is 10.7. The van der Waals surface area contributed by atoms with Gasteiger partial charge in [-0.25, -0.2) is 0 Å². The number of nitrogens with two attached hydrogens (primary N) is 1. The Hall–Kier alpha value is -0.610. The monoisotopic (exact) mass is 240 g/mol. The van der Waals surface area contributed by atoms with Gasteiger partial charge in [-0.05, 0) is 18.8 Å². The second-order valence-electron chi connectivity index (χ2n) is 5.45. The van der Waals surface area contributed by atoms with E-state index in [1.54, 1.807) is 0 Å². The molecule has 1 amide bonds. The summed E-state index contributed by atoms with van der Waals surface area (Å²) in [7, 11) is 0. The first kappa shape index (κ1) is 12.8. The first-order valence-electron chi connectivity index (χ1n) is 6.81. The molecule has 2 fully saturated rings. The lowest BCUT2D eigenvalue weighted by Crippen LogP contribution is -2.43. The Morgan fingerprint density at radius 3 is 3.06 bits per heavy atom. The molecule has 0 aromatic heterocycles. The standard InChI is InChI=1S/C13H24N2O2/c1-2-3-10-6-13(16)15(7-10)8-12(14)11-4-5-17-9-11/h10-12H,2-9,14H2,1H3. The molecule has 3 unspecified atom stereocenters. The van der Waals surface area contributed by atoms with Crippen LogP contribution in [0, 0.1) is 11.8 Å². The molecule has 98 valence electrons. The van der Waals surface area contributed by atoms with E-state index in [1.165, 1.54) is 0 Å². The summed E-state index contributed by atoms with van der Waals surface area (Å²) in [6.45, 7) is 5.39. The normalized spacial score (nSPS) is 31.2. The van der Waals surface area contributed by atoms with Crippen molar-refractivity contribution in [2.75, 3.05) is 26.3 Å². The second-order valence-corrected chi connectivity index (χ2v) is 5.45. The predicted molar refractivity (Wildman–Crippen MR) is 66.5 cm³/mol. The number of hydrogen-bond donors (Lipinski definition) is 1. The van der Waals surface area contributed by atoms with Crippen LogP contribution < -0.4 is 5.73 Å². The number of hydrogen-bond acceptors (Lipinski definition) is 3. The lowest BCUT2D eigenvalue weighted by atomic mass is 9.99. The van der Waals surface area contributed by atoms with E-state index in [9.17, 15) is 4.79 Å². The Morgan fingerprint density at radius 1 is 1.59 bits per heavy atom. The van der Waals surface area contributed by atoms with Crippen LogP contribution in [-0.2, 0) is 9.53 Å². The second kappa shape index (κ2) is 5.83. The molecule has 0 aromatic rings. The van der Waals surface area contributed by atoms with E-state index in [1.807, 2.05) is 4.90 Å². The average molecular weight is 240 g/mol. The Balaban J connectivity index is 1.80. The van der Waals surface area contributed by atoms with E-state index in [2.05, 4.69) is 6.92 Å². The number of rotatable bonds is 5. The van der Waals surface area contributed by atoms with Crippen molar-refractivity contribution in [3.8, 4) is 0 Å². The van der Waals surface area contributed by atoms with Crippen LogP contribution in [0.4, 0.5) is 0 Å². The molecule has 2 aliphatic rings. The van der Waals surface area contributed by atoms with Crippen LogP contribution in [-0.4, -0.2) is 43.2 Å². The third-order valence-corrected chi connectivity index (χ3v) is 3.99. The van der Waals surface area contributed by atoms with Gasteiger partial charge < -0.3 is 15.4 Å². The molecule has 0 saturated carbocycles. The predicted octanol–water partition coefficient (Wildman–Crippen LogP) is 0.999. The summed E-state index contributed by atoms with van der Waals surface area (Å²) in [4.78, 5) is 13.8. The van der Waals surface area contributed by atoms with Crippen LogP contribution >= 0.6 is 0 Å². The number of carbonyl (C=O) groups excluding carboxylic acids is 1. The van der Waals surface area contributed by atoms with Gasteiger partial charge in [0, 0.05) is 38.1 Å².